The van der Waals surface area contributed by atoms with Crippen LogP contribution < -0.4 is 0 Å². The Morgan fingerprint density at radius 2 is 0.819 bits per heavy atom. The molecule has 83 heavy (non-hydrogen) atoms. The molecule has 18 heteroatoms. The van der Waals surface area contributed by atoms with Crippen LogP contribution in [0.2, 0.25) is 0 Å². The molecule has 462 valence electrons. The predicted molar refractivity (Wildman–Crippen MR) is 295 cm³/mol. The lowest BCUT2D eigenvalue weighted by atomic mass is 9.57. The van der Waals surface area contributed by atoms with E-state index in [-0.39, 0.29) is 71.2 Å². The van der Waals surface area contributed by atoms with E-state index in [2.05, 4.69) is 27.7 Å². The number of fused-ring (bicyclic) bond motifs is 6. The molecule has 18 nitrogen and oxygen atoms in total. The maximum atomic E-state index is 12.3. The molecule has 0 aromatic carbocycles. The van der Waals surface area contributed by atoms with Gasteiger partial charge in [0, 0.05) is 92.3 Å². The van der Waals surface area contributed by atoms with Gasteiger partial charge in [0.25, 0.3) is 0 Å². The van der Waals surface area contributed by atoms with Crippen molar-refractivity contribution in [1.29, 1.82) is 0 Å². The number of hydrogen-bond acceptors (Lipinski definition) is 18. The van der Waals surface area contributed by atoms with Gasteiger partial charge in [0.15, 0.2) is 53.0 Å². The fourth-order valence-corrected chi connectivity index (χ4v) is 19.1. The molecule has 0 unspecified atom stereocenters. The maximum Gasteiger partial charge on any atom is 0.201 e. The summed E-state index contributed by atoms with van der Waals surface area (Å²) in [5, 5.41) is 32.2. The first-order chi connectivity index (χ1) is 39.7. The lowest BCUT2D eigenvalue weighted by Gasteiger charge is -2.60. The molecule has 0 radical (unpaired) electrons. The number of ether oxygens (including phenoxy) is 6. The fourth-order valence-electron chi connectivity index (χ4n) is 19.1. The monoisotopic (exact) mass is 1160 g/mol. The summed E-state index contributed by atoms with van der Waals surface area (Å²) in [6, 6.07) is 0. The summed E-state index contributed by atoms with van der Waals surface area (Å²) in [5.41, 5.74) is 0.0196. The van der Waals surface area contributed by atoms with Gasteiger partial charge in [0.2, 0.25) is 17.4 Å². The Morgan fingerprint density at radius 3 is 1.24 bits per heavy atom. The molecule has 12 saturated heterocycles. The van der Waals surface area contributed by atoms with Gasteiger partial charge >= 0.3 is 0 Å². The fraction of sp³-hybridized carbons (Fsp3) is 0.862. The van der Waals surface area contributed by atoms with Gasteiger partial charge in [-0.2, -0.15) is 0 Å². The molecule has 3 saturated carbocycles. The molecular formula is C65H94O18. The van der Waals surface area contributed by atoms with E-state index in [0.717, 1.165) is 103 Å². The van der Waals surface area contributed by atoms with Gasteiger partial charge < -0.3 is 43.7 Å². The number of hydrogen-bond donors (Lipinski definition) is 3. The van der Waals surface area contributed by atoms with Crippen LogP contribution in [0.4, 0.5) is 0 Å². The molecule has 3 spiro atoms. The van der Waals surface area contributed by atoms with Gasteiger partial charge in [0.05, 0.1) is 36.6 Å². The van der Waals surface area contributed by atoms with E-state index in [1.54, 1.807) is 0 Å². The number of aliphatic hydroxyl groups excluding tert-OH is 3. The molecule has 0 amide bonds. The number of rotatable bonds is 9. The minimum Gasteiger partial charge on any atom is -0.388 e. The largest absolute Gasteiger partial charge is 0.388 e. The van der Waals surface area contributed by atoms with Crippen LogP contribution in [0.25, 0.3) is 0 Å². The third kappa shape index (κ3) is 10.1. The van der Waals surface area contributed by atoms with Crippen LogP contribution in [0.3, 0.4) is 0 Å². The van der Waals surface area contributed by atoms with Crippen LogP contribution in [-0.4, -0.2) is 122 Å². The van der Waals surface area contributed by atoms with E-state index in [4.69, 9.17) is 57.7 Å². The SMILES string of the molecule is C[C@H]1[C@@H](C[C@@H](O)C2=CCCC2=O)O[C@@H]2O[C@]3(C)CC[C@H]4CCC[C@@H]1[C@]42OO3.C[C@H]1[C@@H](C[C@@H](O)C2=CCCCC2=O)O[C@@H]2O[C@]3(C)CC[C@H]4[C@H](C)CC[C@@H]1[C@@]24OO3.C[C@H]1[C@@H](C[C@H](O)C2=CCCC2=O)O[C@@H]2O[C@]3(C)CC[C@H]4CCC[C@@H]1[C@]42OO3. The van der Waals surface area contributed by atoms with Crippen molar-refractivity contribution in [2.75, 3.05) is 0 Å². The average molecular weight is 1160 g/mol. The number of aliphatic hydroxyl groups is 3. The van der Waals surface area contributed by atoms with E-state index < -0.39 is 71.3 Å². The van der Waals surface area contributed by atoms with Crippen LogP contribution in [0.5, 0.6) is 0 Å². The maximum absolute atomic E-state index is 12.3. The molecule has 12 aliphatic heterocycles. The molecule has 6 aliphatic carbocycles. The van der Waals surface area contributed by atoms with Gasteiger partial charge in [-0.3, -0.25) is 14.4 Å². The number of carbonyl (C=O) groups excluding carboxylic acids is 3. The first kappa shape index (κ1) is 59.6. The van der Waals surface area contributed by atoms with Crippen molar-refractivity contribution < 1.29 is 87.4 Å². The second kappa shape index (κ2) is 22.6. The van der Waals surface area contributed by atoms with Crippen molar-refractivity contribution in [3.63, 3.8) is 0 Å². The number of carbonyl (C=O) groups is 3. The standard InChI is InChI=1S/C23H34O6.2C21H30O6/c1-13-8-9-17-14(2)20(12-19(25)15-6-4-5-7-18(15)24)26-21-23(17)16(13)10-11-22(3,27-21)28-29-23;2*1-12-15-7-3-5-13-9-10-20(2)25-19(21(13,15)27-26-20)24-18(12)11-17(23)14-6-4-8-16(14)22/h6,13-14,16-17,19-21,25H,4-5,7-12H2,1-3H3;2*6,12-13,15,17-19,23H,3-5,7-11H2,1-2H3/t13-,14-,16+,17+,19-,20-,21-,22+,23-;12-,13-,15+,17+,18-,19-,20+,21-;12-,13-,15+,17-,18-,19-,20+,21-/m111/s1. The van der Waals surface area contributed by atoms with Crippen molar-refractivity contribution in [3.8, 4) is 0 Å². The lowest BCUT2D eigenvalue weighted by molar-refractivity contribution is -0.571. The zero-order valence-corrected chi connectivity index (χ0v) is 50.1. The molecule has 12 heterocycles. The van der Waals surface area contributed by atoms with Crippen LogP contribution in [0.15, 0.2) is 34.9 Å². The second-order valence-electron chi connectivity index (χ2n) is 28.7. The van der Waals surface area contributed by atoms with Crippen LogP contribution in [0.1, 0.15) is 203 Å². The summed E-state index contributed by atoms with van der Waals surface area (Å²) < 4.78 is 38.4. The highest BCUT2D eigenvalue weighted by atomic mass is 17.3. The average Bonchev–Trinajstić information content (AvgIpc) is 2.92. The molecule has 18 rings (SSSR count). The van der Waals surface area contributed by atoms with Crippen LogP contribution in [0, 0.1) is 59.2 Å². The van der Waals surface area contributed by atoms with Crippen molar-refractivity contribution >= 4 is 17.3 Å². The van der Waals surface area contributed by atoms with Crippen LogP contribution in [-0.2, 0) is 72.1 Å². The minimum atomic E-state index is -0.789. The number of allylic oxidation sites excluding steroid dienone is 3. The highest BCUT2D eigenvalue weighted by Gasteiger charge is 2.72. The summed E-state index contributed by atoms with van der Waals surface area (Å²) in [4.78, 5) is 72.0. The summed E-state index contributed by atoms with van der Waals surface area (Å²) in [6.45, 7) is 14.6. The Labute approximate surface area is 489 Å². The summed E-state index contributed by atoms with van der Waals surface area (Å²) in [6.07, 6.45) is 21.7. The van der Waals surface area contributed by atoms with Crippen LogP contribution >= 0.6 is 0 Å². The quantitative estimate of drug-likeness (QED) is 0.183. The summed E-state index contributed by atoms with van der Waals surface area (Å²) >= 11 is 0. The first-order valence-electron chi connectivity index (χ1n) is 32.5. The number of ketones is 3. The van der Waals surface area contributed by atoms with E-state index in [1.165, 1.54) is 12.8 Å². The Morgan fingerprint density at radius 1 is 0.434 bits per heavy atom. The Hall–Kier alpha value is -2.37. The first-order valence-corrected chi connectivity index (χ1v) is 32.5. The van der Waals surface area contributed by atoms with E-state index in [9.17, 15) is 29.7 Å². The molecule has 0 aromatic rings. The molecule has 18 aliphatic rings. The van der Waals surface area contributed by atoms with Gasteiger partial charge in [-0.15, -0.1) is 0 Å². The third-order valence-electron chi connectivity index (χ3n) is 23.8. The molecule has 0 aromatic heterocycles. The molecule has 6 bridgehead atoms. The Kier molecular flexibility index (Phi) is 16.2. The Balaban J connectivity index is 0.000000117. The van der Waals surface area contributed by atoms with Crippen molar-refractivity contribution in [2.24, 2.45) is 59.2 Å². The predicted octanol–water partition coefficient (Wildman–Crippen LogP) is 9.73. The topological polar surface area (TPSA) is 223 Å². The van der Waals surface area contributed by atoms with Gasteiger partial charge in [-0.25, -0.2) is 29.3 Å². The van der Waals surface area contributed by atoms with Crippen molar-refractivity contribution in [1.82, 2.24) is 0 Å². The van der Waals surface area contributed by atoms with E-state index in [0.29, 0.717) is 78.9 Å². The summed E-state index contributed by atoms with van der Waals surface area (Å²) in [7, 11) is 0. The Bertz CT molecular complexity index is 2460. The molecule has 3 N–H and O–H groups in total. The van der Waals surface area contributed by atoms with Crippen molar-refractivity contribution in [2.45, 2.75) is 292 Å². The molecule has 25 atom stereocenters. The number of Topliss-reactive ketones (excluding diaryl/α,β-unsaturated/α-hetero) is 3. The van der Waals surface area contributed by atoms with Gasteiger partial charge in [0.1, 0.15) is 0 Å². The van der Waals surface area contributed by atoms with Gasteiger partial charge in [-0.05, 0) is 146 Å². The van der Waals surface area contributed by atoms with Gasteiger partial charge in [-0.1, -0.05) is 58.8 Å². The lowest BCUT2D eigenvalue weighted by Crippen LogP contribution is -2.70. The van der Waals surface area contributed by atoms with E-state index in [1.807, 2.05) is 39.0 Å². The zero-order valence-electron chi connectivity index (χ0n) is 50.1. The minimum absolute atomic E-state index is 0.0641. The summed E-state index contributed by atoms with van der Waals surface area (Å²) in [5.74, 6) is 0.852. The zero-order chi connectivity index (χ0) is 58.0. The molecule has 15 fully saturated rings. The van der Waals surface area contributed by atoms with E-state index >= 15 is 0 Å². The molecular weight excluding hydrogens is 1070 g/mol. The second-order valence-corrected chi connectivity index (χ2v) is 28.7. The highest BCUT2D eigenvalue weighted by Crippen LogP contribution is 2.63. The van der Waals surface area contributed by atoms with Crippen molar-refractivity contribution in [3.05, 3.63) is 34.9 Å². The smallest absolute Gasteiger partial charge is 0.201 e. The third-order valence-corrected chi connectivity index (χ3v) is 23.8. The normalized spacial score (nSPS) is 50.2. The highest BCUT2D eigenvalue weighted by molar-refractivity contribution is 5.99.